The van der Waals surface area contributed by atoms with Crippen molar-refractivity contribution in [2.75, 3.05) is 23.7 Å². The third-order valence-corrected chi connectivity index (χ3v) is 5.90. The van der Waals surface area contributed by atoms with Crippen molar-refractivity contribution in [3.05, 3.63) is 72.1 Å². The molecule has 156 valence electrons. The normalized spacial score (nSPS) is 12.3. The van der Waals surface area contributed by atoms with Gasteiger partial charge < -0.3 is 20.6 Å². The van der Waals surface area contributed by atoms with Crippen LogP contribution in [0.5, 0.6) is 11.5 Å². The predicted octanol–water partition coefficient (Wildman–Crippen LogP) is 3.20. The fraction of sp³-hybridized carbons (Fsp3) is 0.136. The van der Waals surface area contributed by atoms with Gasteiger partial charge in [-0.05, 0) is 28.5 Å². The van der Waals surface area contributed by atoms with E-state index in [4.69, 9.17) is 15.3 Å². The summed E-state index contributed by atoms with van der Waals surface area (Å²) in [5.74, 6) is 8.10. The molecular formula is C22H19N5O3S. The Morgan fingerprint density at radius 1 is 1.06 bits per heavy atom. The van der Waals surface area contributed by atoms with E-state index in [-0.39, 0.29) is 18.5 Å². The molecule has 0 saturated heterocycles. The van der Waals surface area contributed by atoms with Crippen LogP contribution in [0.3, 0.4) is 0 Å². The molecule has 3 aromatic carbocycles. The van der Waals surface area contributed by atoms with Gasteiger partial charge in [0, 0.05) is 18.2 Å². The first-order valence-corrected chi connectivity index (χ1v) is 10.6. The van der Waals surface area contributed by atoms with Crippen molar-refractivity contribution in [1.82, 2.24) is 14.9 Å². The summed E-state index contributed by atoms with van der Waals surface area (Å²) in [5, 5.41) is 14.0. The molecular weight excluding hydrogens is 414 g/mol. The van der Waals surface area contributed by atoms with Gasteiger partial charge in [0.1, 0.15) is 0 Å². The van der Waals surface area contributed by atoms with Gasteiger partial charge in [-0.3, -0.25) is 4.79 Å². The summed E-state index contributed by atoms with van der Waals surface area (Å²) in [6.07, 6.45) is 0.550. The highest BCUT2D eigenvalue weighted by atomic mass is 32.2. The number of aromatic nitrogens is 3. The molecule has 0 spiro atoms. The lowest BCUT2D eigenvalue weighted by atomic mass is 10.0. The molecule has 2 heterocycles. The van der Waals surface area contributed by atoms with Crippen LogP contribution in [0.25, 0.3) is 10.8 Å². The molecule has 3 N–H and O–H groups in total. The van der Waals surface area contributed by atoms with Gasteiger partial charge in [0.05, 0.1) is 5.75 Å². The highest BCUT2D eigenvalue weighted by Gasteiger charge is 2.16. The predicted molar refractivity (Wildman–Crippen MR) is 119 cm³/mol. The summed E-state index contributed by atoms with van der Waals surface area (Å²) in [4.78, 5) is 12.3. The Bertz CT molecular complexity index is 1270. The fourth-order valence-electron chi connectivity index (χ4n) is 3.44. The first kappa shape index (κ1) is 19.3. The number of amides is 1. The molecule has 0 aliphatic carbocycles. The first-order chi connectivity index (χ1) is 15.2. The van der Waals surface area contributed by atoms with Crippen LogP contribution in [0.4, 0.5) is 5.69 Å². The number of hydrogen-bond donors (Lipinski definition) is 2. The fourth-order valence-corrected chi connectivity index (χ4v) is 4.12. The average molecular weight is 433 g/mol. The smallest absolute Gasteiger partial charge is 0.234 e. The highest BCUT2D eigenvalue weighted by molar-refractivity contribution is 7.99. The third-order valence-electron chi connectivity index (χ3n) is 4.95. The van der Waals surface area contributed by atoms with Gasteiger partial charge in [-0.25, -0.2) is 4.68 Å². The van der Waals surface area contributed by atoms with E-state index in [2.05, 4.69) is 39.8 Å². The number of nitrogens with one attached hydrogen (secondary N) is 1. The Morgan fingerprint density at radius 2 is 1.90 bits per heavy atom. The molecule has 1 amide bonds. The van der Waals surface area contributed by atoms with Crippen LogP contribution in [-0.2, 0) is 11.2 Å². The Kier molecular flexibility index (Phi) is 5.09. The van der Waals surface area contributed by atoms with E-state index in [1.165, 1.54) is 16.4 Å². The standard InChI is InChI=1S/C22H19N5O3S/c23-27-20(10-15-6-3-5-14-4-1-2-7-17(14)15)25-26-22(27)31-12-21(28)24-16-8-9-18-19(11-16)30-13-29-18/h1-9,11H,10,12-13,23H2,(H,24,28). The Morgan fingerprint density at radius 3 is 2.84 bits per heavy atom. The van der Waals surface area contributed by atoms with E-state index >= 15 is 0 Å². The Hall–Kier alpha value is -3.72. The molecule has 5 rings (SSSR count). The number of rotatable bonds is 6. The molecule has 0 radical (unpaired) electrons. The van der Waals surface area contributed by atoms with E-state index in [0.717, 1.165) is 16.3 Å². The zero-order valence-electron chi connectivity index (χ0n) is 16.4. The molecule has 8 nitrogen and oxygen atoms in total. The van der Waals surface area contributed by atoms with Gasteiger partial charge >= 0.3 is 0 Å². The zero-order chi connectivity index (χ0) is 21.2. The molecule has 1 aliphatic rings. The number of nitrogen functional groups attached to an aromatic ring is 1. The van der Waals surface area contributed by atoms with Crippen molar-refractivity contribution < 1.29 is 14.3 Å². The second kappa shape index (κ2) is 8.19. The minimum absolute atomic E-state index is 0.151. The summed E-state index contributed by atoms with van der Waals surface area (Å²) in [6.45, 7) is 0.190. The van der Waals surface area contributed by atoms with Gasteiger partial charge in [0.25, 0.3) is 0 Å². The van der Waals surface area contributed by atoms with Gasteiger partial charge in [-0.1, -0.05) is 54.2 Å². The maximum Gasteiger partial charge on any atom is 0.234 e. The number of carbonyl (C=O) groups excluding carboxylic acids is 1. The van der Waals surface area contributed by atoms with Crippen LogP contribution < -0.4 is 20.6 Å². The number of fused-ring (bicyclic) bond motifs is 2. The lowest BCUT2D eigenvalue weighted by Crippen LogP contribution is -2.17. The van der Waals surface area contributed by atoms with E-state index in [0.29, 0.717) is 34.6 Å². The lowest BCUT2D eigenvalue weighted by molar-refractivity contribution is -0.113. The van der Waals surface area contributed by atoms with Crippen LogP contribution in [0.1, 0.15) is 11.4 Å². The number of nitrogens with zero attached hydrogens (tertiary/aromatic N) is 3. The molecule has 0 bridgehead atoms. The monoisotopic (exact) mass is 433 g/mol. The molecule has 0 fully saturated rings. The Labute approximate surface area is 182 Å². The van der Waals surface area contributed by atoms with Crippen molar-refractivity contribution in [3.8, 4) is 11.5 Å². The first-order valence-electron chi connectivity index (χ1n) is 9.66. The van der Waals surface area contributed by atoms with Crippen LogP contribution in [0.15, 0.2) is 65.8 Å². The number of nitrogens with two attached hydrogens (primary N) is 1. The summed E-state index contributed by atoms with van der Waals surface area (Å²) in [5.41, 5.74) is 1.76. The summed E-state index contributed by atoms with van der Waals surface area (Å²) in [7, 11) is 0. The summed E-state index contributed by atoms with van der Waals surface area (Å²) >= 11 is 1.23. The minimum Gasteiger partial charge on any atom is -0.454 e. The van der Waals surface area contributed by atoms with E-state index in [1.807, 2.05) is 18.2 Å². The van der Waals surface area contributed by atoms with Crippen LogP contribution >= 0.6 is 11.8 Å². The van der Waals surface area contributed by atoms with Gasteiger partial charge in [0.15, 0.2) is 17.3 Å². The molecule has 9 heteroatoms. The van der Waals surface area contributed by atoms with Crippen molar-refractivity contribution >= 4 is 34.1 Å². The number of hydrogen-bond acceptors (Lipinski definition) is 7. The third kappa shape index (κ3) is 3.99. The van der Waals surface area contributed by atoms with Crippen molar-refractivity contribution in [1.29, 1.82) is 0 Å². The van der Waals surface area contributed by atoms with Crippen molar-refractivity contribution in [3.63, 3.8) is 0 Å². The molecule has 0 saturated carbocycles. The summed E-state index contributed by atoms with van der Waals surface area (Å²) in [6, 6.07) is 19.6. The zero-order valence-corrected chi connectivity index (χ0v) is 17.3. The maximum absolute atomic E-state index is 12.3. The van der Waals surface area contributed by atoms with E-state index in [1.54, 1.807) is 18.2 Å². The van der Waals surface area contributed by atoms with Crippen molar-refractivity contribution in [2.45, 2.75) is 11.6 Å². The molecule has 1 aliphatic heterocycles. The summed E-state index contributed by atoms with van der Waals surface area (Å²) < 4.78 is 12.0. The highest BCUT2D eigenvalue weighted by Crippen LogP contribution is 2.34. The van der Waals surface area contributed by atoms with E-state index in [9.17, 15) is 4.79 Å². The number of ether oxygens (including phenoxy) is 2. The quantitative estimate of drug-likeness (QED) is 0.355. The van der Waals surface area contributed by atoms with Crippen LogP contribution in [0, 0.1) is 0 Å². The number of thioether (sulfide) groups is 1. The average Bonchev–Trinajstić information content (AvgIpc) is 3.39. The number of anilines is 1. The van der Waals surface area contributed by atoms with Gasteiger partial charge in [0.2, 0.25) is 17.9 Å². The van der Waals surface area contributed by atoms with E-state index < -0.39 is 0 Å². The molecule has 4 aromatic rings. The van der Waals surface area contributed by atoms with Gasteiger partial charge in [-0.2, -0.15) is 0 Å². The molecule has 0 unspecified atom stereocenters. The molecule has 0 atom stereocenters. The van der Waals surface area contributed by atoms with Crippen molar-refractivity contribution in [2.24, 2.45) is 0 Å². The minimum atomic E-state index is -0.178. The molecule has 31 heavy (non-hydrogen) atoms. The number of benzene rings is 3. The maximum atomic E-state index is 12.3. The second-order valence-electron chi connectivity index (χ2n) is 6.99. The van der Waals surface area contributed by atoms with Gasteiger partial charge in [-0.15, -0.1) is 10.2 Å². The largest absolute Gasteiger partial charge is 0.454 e. The topological polar surface area (TPSA) is 104 Å². The SMILES string of the molecule is Nn1c(Cc2cccc3ccccc23)nnc1SCC(=O)Nc1ccc2c(c1)OCO2. The Balaban J connectivity index is 1.23. The second-order valence-corrected chi connectivity index (χ2v) is 7.93. The molecule has 1 aromatic heterocycles. The number of carbonyl (C=O) groups is 1. The van der Waals surface area contributed by atoms with Crippen LogP contribution in [0.2, 0.25) is 0 Å². The lowest BCUT2D eigenvalue weighted by Gasteiger charge is -2.07. The van der Waals surface area contributed by atoms with Crippen LogP contribution in [-0.4, -0.2) is 33.3 Å².